The number of anilines is 4. The summed E-state index contributed by atoms with van der Waals surface area (Å²) >= 11 is 0. The molecular formula is C17H24N6O2S. The van der Waals surface area contributed by atoms with E-state index in [1.807, 2.05) is 12.1 Å². The zero-order valence-electron chi connectivity index (χ0n) is 15.2. The summed E-state index contributed by atoms with van der Waals surface area (Å²) in [5.74, 6) is 1.48. The molecule has 8 nitrogen and oxygen atoms in total. The summed E-state index contributed by atoms with van der Waals surface area (Å²) in [6, 6.07) is 7.52. The van der Waals surface area contributed by atoms with Crippen molar-refractivity contribution in [2.75, 3.05) is 48.2 Å². The molecule has 1 atom stereocenters. The van der Waals surface area contributed by atoms with E-state index in [9.17, 15) is 4.21 Å². The van der Waals surface area contributed by atoms with Crippen molar-refractivity contribution < 1.29 is 8.95 Å². The minimum atomic E-state index is -2.33. The summed E-state index contributed by atoms with van der Waals surface area (Å²) in [5, 5.41) is 3.13. The molecule has 26 heavy (non-hydrogen) atoms. The number of nitrogens with two attached hydrogens (primary N) is 1. The maximum absolute atomic E-state index is 12.1. The van der Waals surface area contributed by atoms with E-state index in [0.29, 0.717) is 36.4 Å². The molecule has 2 aromatic rings. The maximum Gasteiger partial charge on any atom is 0.165 e. The van der Waals surface area contributed by atoms with Crippen LogP contribution in [0.3, 0.4) is 0 Å². The van der Waals surface area contributed by atoms with Gasteiger partial charge in [-0.1, -0.05) is 0 Å². The molecule has 1 saturated heterocycles. The van der Waals surface area contributed by atoms with Gasteiger partial charge in [0, 0.05) is 58.8 Å². The minimum Gasteiger partial charge on any atom is -0.396 e. The highest BCUT2D eigenvalue weighted by Gasteiger charge is 2.20. The molecule has 0 bridgehead atoms. The number of rotatable bonds is 4. The number of morpholine rings is 1. The second kappa shape index (κ2) is 7.46. The van der Waals surface area contributed by atoms with Crippen molar-refractivity contribution in [1.29, 1.82) is 0 Å². The van der Waals surface area contributed by atoms with Gasteiger partial charge in [-0.15, -0.1) is 0 Å². The summed E-state index contributed by atoms with van der Waals surface area (Å²) in [6.07, 6.45) is 4.83. The van der Waals surface area contributed by atoms with Crippen molar-refractivity contribution >= 4 is 38.6 Å². The van der Waals surface area contributed by atoms with Gasteiger partial charge in [-0.2, -0.15) is 4.36 Å². The van der Waals surface area contributed by atoms with Gasteiger partial charge in [-0.05, 0) is 19.1 Å². The van der Waals surface area contributed by atoms with Crippen molar-refractivity contribution in [2.24, 2.45) is 4.36 Å². The Bertz CT molecular complexity index is 902. The highest BCUT2D eigenvalue weighted by molar-refractivity contribution is 7.92. The maximum atomic E-state index is 12.1. The fraction of sp³-hybridized carbons (Fsp3) is 0.412. The Morgan fingerprint density at radius 3 is 2.92 bits per heavy atom. The molecule has 2 aromatic heterocycles. The number of hydrogen-bond donors (Lipinski definition) is 2. The quantitative estimate of drug-likeness (QED) is 0.844. The molecule has 0 unspecified atom stereocenters. The van der Waals surface area contributed by atoms with Crippen LogP contribution in [0.5, 0.6) is 0 Å². The molecule has 0 amide bonds. The lowest BCUT2D eigenvalue weighted by Crippen LogP contribution is -2.43. The summed E-state index contributed by atoms with van der Waals surface area (Å²) in [5.41, 5.74) is 7.42. The van der Waals surface area contributed by atoms with Crippen LogP contribution >= 0.6 is 0 Å². The molecule has 0 spiro atoms. The van der Waals surface area contributed by atoms with E-state index in [1.165, 1.54) is 0 Å². The van der Waals surface area contributed by atoms with E-state index in [-0.39, 0.29) is 6.04 Å². The third-order valence-corrected chi connectivity index (χ3v) is 4.52. The van der Waals surface area contributed by atoms with Gasteiger partial charge in [-0.3, -0.25) is 0 Å². The Morgan fingerprint density at radius 2 is 2.23 bits per heavy atom. The van der Waals surface area contributed by atoms with E-state index < -0.39 is 9.73 Å². The SMILES string of the molecule is C[C@@H]1COCCN1c1cc(N=S(C)(C)=O)nc(Nc2ncccc2N)c1. The van der Waals surface area contributed by atoms with Crippen LogP contribution < -0.4 is 16.0 Å². The van der Waals surface area contributed by atoms with Crippen LogP contribution in [0, 0.1) is 0 Å². The lowest BCUT2D eigenvalue weighted by Gasteiger charge is -2.35. The van der Waals surface area contributed by atoms with Gasteiger partial charge in [0.1, 0.15) is 5.82 Å². The molecule has 1 aliphatic heterocycles. The van der Waals surface area contributed by atoms with E-state index in [1.54, 1.807) is 30.8 Å². The zero-order chi connectivity index (χ0) is 18.7. The van der Waals surface area contributed by atoms with Crippen LogP contribution in [0.1, 0.15) is 6.92 Å². The summed E-state index contributed by atoms with van der Waals surface area (Å²) in [7, 11) is -2.33. The van der Waals surface area contributed by atoms with Gasteiger partial charge in [0.05, 0.1) is 18.9 Å². The first-order valence-corrected chi connectivity index (χ1v) is 10.7. The van der Waals surface area contributed by atoms with Gasteiger partial charge in [0.15, 0.2) is 11.6 Å². The van der Waals surface area contributed by atoms with Crippen molar-refractivity contribution in [1.82, 2.24) is 9.97 Å². The Kier molecular flexibility index (Phi) is 5.28. The fourth-order valence-electron chi connectivity index (χ4n) is 2.76. The molecule has 0 saturated carbocycles. The van der Waals surface area contributed by atoms with Gasteiger partial charge in [-0.25, -0.2) is 14.2 Å². The number of aromatic nitrogens is 2. The first-order valence-electron chi connectivity index (χ1n) is 8.33. The van der Waals surface area contributed by atoms with Crippen molar-refractivity contribution in [3.63, 3.8) is 0 Å². The second-order valence-corrected chi connectivity index (χ2v) is 9.07. The number of nitrogen functional groups attached to an aromatic ring is 1. The highest BCUT2D eigenvalue weighted by atomic mass is 32.2. The van der Waals surface area contributed by atoms with Crippen molar-refractivity contribution in [3.05, 3.63) is 30.5 Å². The normalized spacial score (nSPS) is 17.8. The van der Waals surface area contributed by atoms with Gasteiger partial charge in [0.2, 0.25) is 0 Å². The lowest BCUT2D eigenvalue weighted by atomic mass is 10.2. The van der Waals surface area contributed by atoms with Crippen LogP contribution in [0.25, 0.3) is 0 Å². The number of pyridine rings is 2. The molecule has 0 aliphatic carbocycles. The van der Waals surface area contributed by atoms with Crippen LogP contribution in [-0.4, -0.2) is 52.5 Å². The van der Waals surface area contributed by atoms with E-state index in [2.05, 4.69) is 31.5 Å². The lowest BCUT2D eigenvalue weighted by molar-refractivity contribution is 0.0989. The van der Waals surface area contributed by atoms with Crippen LogP contribution in [0.4, 0.5) is 28.8 Å². The number of hydrogen-bond acceptors (Lipinski definition) is 8. The first kappa shape index (κ1) is 18.4. The molecule has 0 radical (unpaired) electrons. The molecule has 3 N–H and O–H groups in total. The van der Waals surface area contributed by atoms with Gasteiger partial charge in [0.25, 0.3) is 0 Å². The second-order valence-electron chi connectivity index (χ2n) is 6.52. The Balaban J connectivity index is 2.03. The average Bonchev–Trinajstić information content (AvgIpc) is 2.55. The Labute approximate surface area is 154 Å². The van der Waals surface area contributed by atoms with Crippen LogP contribution in [0.15, 0.2) is 34.8 Å². The van der Waals surface area contributed by atoms with Crippen molar-refractivity contribution in [3.8, 4) is 0 Å². The molecule has 3 rings (SSSR count). The van der Waals surface area contributed by atoms with E-state index in [4.69, 9.17) is 10.5 Å². The standard InChI is InChI=1S/C17H24N6O2S/c1-12-11-25-8-7-23(12)13-9-15(20-16(10-13)22-26(2,3)24)21-17-14(18)5-4-6-19-17/h4-6,9-10,12H,7-8,11,18H2,1-3H3,(H,19,20,21)/t12-/m1/s1. The summed E-state index contributed by atoms with van der Waals surface area (Å²) in [4.78, 5) is 10.9. The topological polar surface area (TPSA) is 106 Å². The van der Waals surface area contributed by atoms with Gasteiger partial charge < -0.3 is 20.7 Å². The minimum absolute atomic E-state index is 0.222. The molecular weight excluding hydrogens is 352 g/mol. The van der Waals surface area contributed by atoms with E-state index >= 15 is 0 Å². The largest absolute Gasteiger partial charge is 0.396 e. The van der Waals surface area contributed by atoms with Crippen molar-refractivity contribution in [2.45, 2.75) is 13.0 Å². The smallest absolute Gasteiger partial charge is 0.165 e. The molecule has 1 fully saturated rings. The number of nitrogens with one attached hydrogen (secondary N) is 1. The number of ether oxygens (including phenoxy) is 1. The molecule has 0 aromatic carbocycles. The predicted octanol–water partition coefficient (Wildman–Crippen LogP) is 2.39. The number of nitrogens with zero attached hydrogens (tertiary/aromatic N) is 4. The highest BCUT2D eigenvalue weighted by Crippen LogP contribution is 2.29. The summed E-state index contributed by atoms with van der Waals surface area (Å²) < 4.78 is 21.9. The zero-order valence-corrected chi connectivity index (χ0v) is 16.0. The Morgan fingerprint density at radius 1 is 1.42 bits per heavy atom. The Hall–Kier alpha value is -2.39. The average molecular weight is 376 g/mol. The van der Waals surface area contributed by atoms with Gasteiger partial charge >= 0.3 is 0 Å². The molecule has 140 valence electrons. The predicted molar refractivity (Wildman–Crippen MR) is 106 cm³/mol. The third-order valence-electron chi connectivity index (χ3n) is 3.89. The fourth-order valence-corrected chi connectivity index (χ4v) is 3.30. The van der Waals surface area contributed by atoms with E-state index in [0.717, 1.165) is 12.2 Å². The molecule has 3 heterocycles. The molecule has 9 heteroatoms. The first-order chi connectivity index (χ1) is 12.3. The van der Waals surface area contributed by atoms with Crippen LogP contribution in [0.2, 0.25) is 0 Å². The monoisotopic (exact) mass is 376 g/mol. The van der Waals surface area contributed by atoms with Crippen LogP contribution in [-0.2, 0) is 14.5 Å². The summed E-state index contributed by atoms with van der Waals surface area (Å²) in [6.45, 7) is 4.18. The third kappa shape index (κ3) is 4.61. The molecule has 1 aliphatic rings.